The first kappa shape index (κ1) is 19.4. The molecule has 9 heteroatoms. The minimum atomic E-state index is -0.534. The van der Waals surface area contributed by atoms with Gasteiger partial charge in [-0.25, -0.2) is 4.79 Å². The first-order chi connectivity index (χ1) is 14.6. The lowest BCUT2D eigenvalue weighted by Gasteiger charge is -2.22. The summed E-state index contributed by atoms with van der Waals surface area (Å²) in [4.78, 5) is 26.2. The average Bonchev–Trinajstić information content (AvgIpc) is 3.19. The van der Waals surface area contributed by atoms with Crippen molar-refractivity contribution in [3.8, 4) is 17.5 Å². The minimum absolute atomic E-state index is 0.120. The van der Waals surface area contributed by atoms with Crippen LogP contribution in [0.3, 0.4) is 0 Å². The molecule has 0 unspecified atom stereocenters. The highest BCUT2D eigenvalue weighted by atomic mass is 16.6. The summed E-state index contributed by atoms with van der Waals surface area (Å²) in [5.41, 5.74) is 0.483. The fraction of sp³-hybridized carbons (Fsp3) is 0.238. The molecule has 1 aliphatic heterocycles. The standard InChI is InChI=1S/C21H19N3O6/c25-20(15-4-2-1-3-5-15)29-17-8-6-16(7-9-17)28-13-11-18-10-12-23-14-19(24(26)27)22-21(23)30-18/h1-9,14,18H,10-13H2/t18-/m1/s1. The number of rotatable bonds is 7. The van der Waals surface area contributed by atoms with Crippen molar-refractivity contribution in [3.05, 3.63) is 76.5 Å². The summed E-state index contributed by atoms with van der Waals surface area (Å²) >= 11 is 0. The van der Waals surface area contributed by atoms with Crippen LogP contribution in [0.25, 0.3) is 0 Å². The van der Waals surface area contributed by atoms with Gasteiger partial charge in [-0.15, -0.1) is 0 Å². The van der Waals surface area contributed by atoms with Gasteiger partial charge in [0, 0.05) is 24.4 Å². The second kappa shape index (κ2) is 8.64. The third kappa shape index (κ3) is 4.57. The molecule has 3 aromatic rings. The Labute approximate surface area is 172 Å². The van der Waals surface area contributed by atoms with E-state index in [9.17, 15) is 14.9 Å². The number of esters is 1. The lowest BCUT2D eigenvalue weighted by molar-refractivity contribution is -0.389. The van der Waals surface area contributed by atoms with Crippen LogP contribution in [0, 0.1) is 10.1 Å². The van der Waals surface area contributed by atoms with Crippen LogP contribution in [-0.2, 0) is 6.54 Å². The Morgan fingerprint density at radius 3 is 2.63 bits per heavy atom. The SMILES string of the molecule is O=C(Oc1ccc(OCC[C@H]2CCn3cc([N+](=O)[O-])nc3O2)cc1)c1ccccc1. The fourth-order valence-electron chi connectivity index (χ4n) is 3.07. The van der Waals surface area contributed by atoms with E-state index in [1.165, 1.54) is 6.20 Å². The Morgan fingerprint density at radius 2 is 1.90 bits per heavy atom. The van der Waals surface area contributed by atoms with Crippen molar-refractivity contribution < 1.29 is 23.9 Å². The quantitative estimate of drug-likeness (QED) is 0.254. The van der Waals surface area contributed by atoms with Crippen molar-refractivity contribution in [2.75, 3.05) is 6.61 Å². The van der Waals surface area contributed by atoms with Gasteiger partial charge in [0.05, 0.1) is 12.2 Å². The van der Waals surface area contributed by atoms with Crippen LogP contribution in [-0.4, -0.2) is 33.2 Å². The highest BCUT2D eigenvalue weighted by Gasteiger charge is 2.28. The number of fused-ring (bicyclic) bond motifs is 1. The number of hydrogen-bond donors (Lipinski definition) is 0. The van der Waals surface area contributed by atoms with Crippen molar-refractivity contribution >= 4 is 11.8 Å². The Bertz CT molecular complexity index is 1030. The van der Waals surface area contributed by atoms with E-state index in [2.05, 4.69) is 4.98 Å². The van der Waals surface area contributed by atoms with Gasteiger partial charge in [-0.3, -0.25) is 4.57 Å². The average molecular weight is 409 g/mol. The number of aryl methyl sites for hydroxylation is 1. The van der Waals surface area contributed by atoms with Gasteiger partial charge in [0.15, 0.2) is 0 Å². The highest BCUT2D eigenvalue weighted by molar-refractivity contribution is 5.90. The second-order valence-corrected chi connectivity index (χ2v) is 6.72. The lowest BCUT2D eigenvalue weighted by Crippen LogP contribution is -2.27. The number of ether oxygens (including phenoxy) is 3. The smallest absolute Gasteiger partial charge is 0.414 e. The maximum absolute atomic E-state index is 12.1. The summed E-state index contributed by atoms with van der Waals surface area (Å²) in [7, 11) is 0. The number of imidazole rings is 1. The Morgan fingerprint density at radius 1 is 1.17 bits per heavy atom. The third-order valence-electron chi connectivity index (χ3n) is 4.63. The van der Waals surface area contributed by atoms with Crippen LogP contribution in [0.1, 0.15) is 23.2 Å². The molecule has 0 spiro atoms. The molecule has 154 valence electrons. The normalized spacial score (nSPS) is 15.0. The molecule has 0 amide bonds. The van der Waals surface area contributed by atoms with Crippen LogP contribution in [0.5, 0.6) is 17.5 Å². The third-order valence-corrected chi connectivity index (χ3v) is 4.63. The van der Waals surface area contributed by atoms with Gasteiger partial charge in [0.25, 0.3) is 0 Å². The zero-order valence-electron chi connectivity index (χ0n) is 16.0. The van der Waals surface area contributed by atoms with Crippen molar-refractivity contribution in [3.63, 3.8) is 0 Å². The molecule has 4 rings (SSSR count). The molecule has 0 fully saturated rings. The van der Waals surface area contributed by atoms with Crippen LogP contribution in [0.2, 0.25) is 0 Å². The number of nitrogens with zero attached hydrogens (tertiary/aromatic N) is 3. The molecule has 0 N–H and O–H groups in total. The summed E-state index contributed by atoms with van der Waals surface area (Å²) in [5, 5.41) is 10.8. The van der Waals surface area contributed by atoms with E-state index in [1.807, 2.05) is 6.07 Å². The Kier molecular flexibility index (Phi) is 5.60. The minimum Gasteiger partial charge on any atom is -0.493 e. The van der Waals surface area contributed by atoms with Crippen molar-refractivity contribution in [2.24, 2.45) is 0 Å². The molecule has 1 aliphatic rings. The molecule has 0 bridgehead atoms. The van der Waals surface area contributed by atoms with E-state index in [0.29, 0.717) is 36.6 Å². The maximum Gasteiger partial charge on any atom is 0.414 e. The van der Waals surface area contributed by atoms with Gasteiger partial charge in [0.1, 0.15) is 23.8 Å². The molecule has 2 aromatic carbocycles. The molecule has 9 nitrogen and oxygen atoms in total. The molecule has 0 radical (unpaired) electrons. The number of nitro groups is 1. The summed E-state index contributed by atoms with van der Waals surface area (Å²) in [6.45, 7) is 1.03. The number of hydrogen-bond acceptors (Lipinski definition) is 7. The molecule has 0 saturated heterocycles. The van der Waals surface area contributed by atoms with Crippen LogP contribution in [0.4, 0.5) is 5.82 Å². The van der Waals surface area contributed by atoms with E-state index < -0.39 is 10.9 Å². The topological polar surface area (TPSA) is 106 Å². The first-order valence-corrected chi connectivity index (χ1v) is 9.47. The molecule has 1 aromatic heterocycles. The summed E-state index contributed by atoms with van der Waals surface area (Å²) in [6.07, 6.45) is 2.60. The van der Waals surface area contributed by atoms with Crippen molar-refractivity contribution in [1.82, 2.24) is 9.55 Å². The number of aromatic nitrogens is 2. The number of carbonyl (C=O) groups is 1. The van der Waals surface area contributed by atoms with Crippen molar-refractivity contribution in [2.45, 2.75) is 25.5 Å². The zero-order valence-corrected chi connectivity index (χ0v) is 16.0. The molecule has 0 saturated carbocycles. The molecular weight excluding hydrogens is 390 g/mol. The van der Waals surface area contributed by atoms with Crippen molar-refractivity contribution in [1.29, 1.82) is 0 Å². The van der Waals surface area contributed by atoms with E-state index >= 15 is 0 Å². The Balaban J connectivity index is 1.24. The molecule has 30 heavy (non-hydrogen) atoms. The van der Waals surface area contributed by atoms with E-state index in [-0.39, 0.29) is 17.9 Å². The van der Waals surface area contributed by atoms with Crippen LogP contribution >= 0.6 is 0 Å². The van der Waals surface area contributed by atoms with Gasteiger partial charge in [-0.05, 0) is 41.3 Å². The molecule has 0 aliphatic carbocycles. The van der Waals surface area contributed by atoms with Gasteiger partial charge < -0.3 is 24.3 Å². The van der Waals surface area contributed by atoms with E-state index in [1.54, 1.807) is 53.1 Å². The fourth-order valence-corrected chi connectivity index (χ4v) is 3.07. The number of benzene rings is 2. The van der Waals surface area contributed by atoms with Crippen LogP contribution in [0.15, 0.2) is 60.8 Å². The zero-order chi connectivity index (χ0) is 20.9. The largest absolute Gasteiger partial charge is 0.493 e. The Hall–Kier alpha value is -3.88. The second-order valence-electron chi connectivity index (χ2n) is 6.72. The van der Waals surface area contributed by atoms with Gasteiger partial charge >= 0.3 is 17.8 Å². The molecule has 2 heterocycles. The lowest BCUT2D eigenvalue weighted by atomic mass is 10.2. The summed E-state index contributed by atoms with van der Waals surface area (Å²) in [6, 6.07) is 15.8. The van der Waals surface area contributed by atoms with Gasteiger partial charge in [-0.1, -0.05) is 18.2 Å². The predicted octanol–water partition coefficient (Wildman–Crippen LogP) is 3.63. The van der Waals surface area contributed by atoms with Gasteiger partial charge in [-0.2, -0.15) is 0 Å². The summed E-state index contributed by atoms with van der Waals surface area (Å²) < 4.78 is 18.4. The molecule has 1 atom stereocenters. The van der Waals surface area contributed by atoms with Crippen LogP contribution < -0.4 is 14.2 Å². The number of carbonyl (C=O) groups excluding carboxylic acids is 1. The van der Waals surface area contributed by atoms with E-state index in [0.717, 1.165) is 6.42 Å². The predicted molar refractivity (Wildman–Crippen MR) is 106 cm³/mol. The van der Waals surface area contributed by atoms with Gasteiger partial charge in [0.2, 0.25) is 0 Å². The molecular formula is C21H19N3O6. The maximum atomic E-state index is 12.1. The highest BCUT2D eigenvalue weighted by Crippen LogP contribution is 2.25. The van der Waals surface area contributed by atoms with E-state index in [4.69, 9.17) is 14.2 Å². The monoisotopic (exact) mass is 409 g/mol. The first-order valence-electron chi connectivity index (χ1n) is 9.47. The summed E-state index contributed by atoms with van der Waals surface area (Å²) in [5.74, 6) is 0.440.